The number of rotatable bonds is 3. The van der Waals surface area contributed by atoms with E-state index < -0.39 is 11.8 Å². The minimum Gasteiger partial charge on any atom is -0.511 e. The minimum atomic E-state index is -2.94. The number of halogens is 2. The fraction of sp³-hybridized carbons (Fsp3) is 0.214. The third-order valence-electron chi connectivity index (χ3n) is 2.38. The van der Waals surface area contributed by atoms with Gasteiger partial charge in [0.2, 0.25) is 0 Å². The summed E-state index contributed by atoms with van der Waals surface area (Å²) in [7, 11) is 0. The quantitative estimate of drug-likeness (QED) is 0.501. The van der Waals surface area contributed by atoms with Crippen molar-refractivity contribution in [2.45, 2.75) is 19.8 Å². The van der Waals surface area contributed by atoms with Gasteiger partial charge >= 0.3 is 0 Å². The van der Waals surface area contributed by atoms with E-state index in [9.17, 15) is 18.7 Å². The van der Waals surface area contributed by atoms with E-state index in [0.717, 1.165) is 6.92 Å². The summed E-state index contributed by atoms with van der Waals surface area (Å²) in [6.07, 6.45) is 5.08. The number of amides is 1. The molecule has 100 valence electrons. The first kappa shape index (κ1) is 14.7. The molecular weight excluding hydrogens is 252 g/mol. The molecule has 1 aromatic rings. The Morgan fingerprint density at radius 3 is 2.26 bits per heavy atom. The van der Waals surface area contributed by atoms with Gasteiger partial charge in [-0.25, -0.2) is 8.78 Å². The Bertz CT molecular complexity index is 544. The standard InChI is InChI=1S/C14H13F2NO2/c1-4-12(9(2)18)13(19)17-11-7-5-10(6-8-11)14(3,15)16/h1,5-8,18H,2-3H3,(H,17,19)/b12-9-. The molecule has 3 nitrogen and oxygen atoms in total. The highest BCUT2D eigenvalue weighted by molar-refractivity contribution is 6.07. The summed E-state index contributed by atoms with van der Waals surface area (Å²) in [4.78, 5) is 11.6. The van der Waals surface area contributed by atoms with Crippen molar-refractivity contribution in [2.75, 3.05) is 5.32 Å². The molecule has 0 spiro atoms. The van der Waals surface area contributed by atoms with E-state index >= 15 is 0 Å². The number of carbonyl (C=O) groups excluding carboxylic acids is 1. The lowest BCUT2D eigenvalue weighted by molar-refractivity contribution is -0.112. The van der Waals surface area contributed by atoms with Crippen molar-refractivity contribution in [3.8, 4) is 12.3 Å². The van der Waals surface area contributed by atoms with Gasteiger partial charge in [0.25, 0.3) is 11.8 Å². The normalized spacial score (nSPS) is 12.4. The van der Waals surface area contributed by atoms with E-state index in [1.807, 2.05) is 0 Å². The molecule has 0 aliphatic heterocycles. The predicted molar refractivity (Wildman–Crippen MR) is 68.8 cm³/mol. The second kappa shape index (κ2) is 5.53. The first-order valence-electron chi connectivity index (χ1n) is 5.42. The van der Waals surface area contributed by atoms with Crippen LogP contribution < -0.4 is 5.32 Å². The lowest BCUT2D eigenvalue weighted by Gasteiger charge is -2.11. The van der Waals surface area contributed by atoms with Gasteiger partial charge in [0.1, 0.15) is 11.3 Å². The lowest BCUT2D eigenvalue weighted by Crippen LogP contribution is -2.15. The van der Waals surface area contributed by atoms with Gasteiger partial charge in [0.05, 0.1) is 0 Å². The molecule has 19 heavy (non-hydrogen) atoms. The Hall–Kier alpha value is -2.35. The largest absolute Gasteiger partial charge is 0.511 e. The van der Waals surface area contributed by atoms with Crippen LogP contribution in [0.3, 0.4) is 0 Å². The van der Waals surface area contributed by atoms with Crippen molar-refractivity contribution in [1.82, 2.24) is 0 Å². The van der Waals surface area contributed by atoms with Crippen molar-refractivity contribution in [1.29, 1.82) is 0 Å². The molecule has 1 aromatic carbocycles. The average Bonchev–Trinajstić information content (AvgIpc) is 2.28. The zero-order chi connectivity index (χ0) is 14.6. The number of hydrogen-bond donors (Lipinski definition) is 2. The highest BCUT2D eigenvalue weighted by atomic mass is 19.3. The number of aliphatic hydroxyl groups is 1. The summed E-state index contributed by atoms with van der Waals surface area (Å²) < 4.78 is 26.0. The number of nitrogens with one attached hydrogen (secondary N) is 1. The average molecular weight is 265 g/mol. The maximum atomic E-state index is 13.0. The summed E-state index contributed by atoms with van der Waals surface area (Å²) in [5, 5.41) is 11.6. The topological polar surface area (TPSA) is 49.3 Å². The fourth-order valence-corrected chi connectivity index (χ4v) is 1.37. The predicted octanol–water partition coefficient (Wildman–Crippen LogP) is 3.20. The van der Waals surface area contributed by atoms with Crippen molar-refractivity contribution in [3.63, 3.8) is 0 Å². The Labute approximate surface area is 109 Å². The van der Waals surface area contributed by atoms with Gasteiger partial charge in [-0.1, -0.05) is 18.1 Å². The van der Waals surface area contributed by atoms with Crippen LogP contribution >= 0.6 is 0 Å². The van der Waals surface area contributed by atoms with Crippen LogP contribution in [0.1, 0.15) is 19.4 Å². The Morgan fingerprint density at radius 2 is 1.89 bits per heavy atom. The number of benzene rings is 1. The van der Waals surface area contributed by atoms with E-state index in [-0.39, 0.29) is 16.9 Å². The van der Waals surface area contributed by atoms with Crippen LogP contribution in [-0.4, -0.2) is 11.0 Å². The highest BCUT2D eigenvalue weighted by Gasteiger charge is 2.23. The molecule has 0 fully saturated rings. The monoisotopic (exact) mass is 265 g/mol. The molecule has 0 radical (unpaired) electrons. The van der Waals surface area contributed by atoms with Crippen LogP contribution in [0.2, 0.25) is 0 Å². The van der Waals surface area contributed by atoms with Crippen LogP contribution in [0.5, 0.6) is 0 Å². The Kier molecular flexibility index (Phi) is 4.28. The summed E-state index contributed by atoms with van der Waals surface area (Å²) in [5.74, 6) is -1.83. The van der Waals surface area contributed by atoms with E-state index in [4.69, 9.17) is 6.42 Å². The van der Waals surface area contributed by atoms with Crippen molar-refractivity contribution in [3.05, 3.63) is 41.2 Å². The summed E-state index contributed by atoms with van der Waals surface area (Å²) in [5.41, 5.74) is -0.0477. The highest BCUT2D eigenvalue weighted by Crippen LogP contribution is 2.27. The molecule has 1 amide bonds. The van der Waals surface area contributed by atoms with E-state index in [1.165, 1.54) is 31.2 Å². The molecule has 0 bridgehead atoms. The fourth-order valence-electron chi connectivity index (χ4n) is 1.37. The summed E-state index contributed by atoms with van der Waals surface area (Å²) in [6, 6.07) is 5.10. The summed E-state index contributed by atoms with van der Waals surface area (Å²) >= 11 is 0. The molecule has 0 aliphatic rings. The maximum Gasteiger partial charge on any atom is 0.270 e. The SMILES string of the molecule is C#C/C(C(=O)Nc1ccc(C(C)(F)F)cc1)=C(\C)O. The summed E-state index contributed by atoms with van der Waals surface area (Å²) in [6.45, 7) is 2.07. The van der Waals surface area contributed by atoms with E-state index in [0.29, 0.717) is 5.69 Å². The van der Waals surface area contributed by atoms with E-state index in [2.05, 4.69) is 11.2 Å². The third-order valence-corrected chi connectivity index (χ3v) is 2.38. The molecule has 0 saturated carbocycles. The molecule has 0 saturated heterocycles. The number of carbonyl (C=O) groups is 1. The zero-order valence-electron chi connectivity index (χ0n) is 10.5. The van der Waals surface area contributed by atoms with E-state index in [1.54, 1.807) is 0 Å². The number of aliphatic hydroxyl groups excluding tert-OH is 1. The second-order valence-corrected chi connectivity index (χ2v) is 4.02. The van der Waals surface area contributed by atoms with Crippen molar-refractivity contribution in [2.24, 2.45) is 0 Å². The molecule has 5 heteroatoms. The molecule has 0 unspecified atom stereocenters. The van der Waals surface area contributed by atoms with Gasteiger partial charge in [-0.3, -0.25) is 4.79 Å². The molecular formula is C14H13F2NO2. The zero-order valence-corrected chi connectivity index (χ0v) is 10.5. The van der Waals surface area contributed by atoms with Crippen LogP contribution in [0.4, 0.5) is 14.5 Å². The first-order chi connectivity index (χ1) is 8.75. The van der Waals surface area contributed by atoms with Gasteiger partial charge in [-0.15, -0.1) is 6.42 Å². The molecule has 0 atom stereocenters. The number of terminal acetylenes is 1. The number of hydrogen-bond acceptors (Lipinski definition) is 2. The molecule has 0 aromatic heterocycles. The Balaban J connectivity index is 2.89. The van der Waals surface area contributed by atoms with Gasteiger partial charge in [-0.05, 0) is 19.1 Å². The minimum absolute atomic E-state index is 0.156. The van der Waals surface area contributed by atoms with Crippen LogP contribution in [0, 0.1) is 12.3 Å². The lowest BCUT2D eigenvalue weighted by atomic mass is 10.1. The van der Waals surface area contributed by atoms with Crippen molar-refractivity contribution < 1.29 is 18.7 Å². The molecule has 0 aliphatic carbocycles. The number of alkyl halides is 2. The van der Waals surface area contributed by atoms with Crippen LogP contribution in [-0.2, 0) is 10.7 Å². The molecule has 0 heterocycles. The molecule has 1 rings (SSSR count). The van der Waals surface area contributed by atoms with Gasteiger partial charge in [-0.2, -0.15) is 0 Å². The first-order valence-corrected chi connectivity index (χ1v) is 5.42. The van der Waals surface area contributed by atoms with Gasteiger partial charge in [0, 0.05) is 18.2 Å². The van der Waals surface area contributed by atoms with Gasteiger partial charge < -0.3 is 10.4 Å². The van der Waals surface area contributed by atoms with Crippen LogP contribution in [0.15, 0.2) is 35.6 Å². The number of anilines is 1. The second-order valence-electron chi connectivity index (χ2n) is 4.02. The van der Waals surface area contributed by atoms with Crippen LogP contribution in [0.25, 0.3) is 0 Å². The smallest absolute Gasteiger partial charge is 0.270 e. The molecule has 2 N–H and O–H groups in total. The van der Waals surface area contributed by atoms with Crippen molar-refractivity contribution >= 4 is 11.6 Å². The third kappa shape index (κ3) is 3.81. The van der Waals surface area contributed by atoms with Gasteiger partial charge in [0.15, 0.2) is 0 Å². The maximum absolute atomic E-state index is 13.0. The number of allylic oxidation sites excluding steroid dienone is 1. The Morgan fingerprint density at radius 1 is 1.37 bits per heavy atom.